The lowest BCUT2D eigenvalue weighted by molar-refractivity contribution is -0.139. The SMILES string of the molecule is C[C@@H](NS(=O)(=O)c1ccccc1C(F)(F)F)c1ccc(S(N)(=O)=O)cc1. The zero-order valence-electron chi connectivity index (χ0n) is 13.4. The molecule has 11 heteroatoms. The van der Waals surface area contributed by atoms with Crippen molar-refractivity contribution in [3.8, 4) is 0 Å². The molecule has 0 aromatic heterocycles. The zero-order chi connectivity index (χ0) is 19.8. The summed E-state index contributed by atoms with van der Waals surface area (Å²) < 4.78 is 88.5. The summed E-state index contributed by atoms with van der Waals surface area (Å²) in [5.41, 5.74) is -0.922. The summed E-state index contributed by atoms with van der Waals surface area (Å²) in [4.78, 5) is -1.06. The molecular formula is C15H15F3N2O4S2. The van der Waals surface area contributed by atoms with Crippen LogP contribution in [0.15, 0.2) is 58.3 Å². The molecule has 3 N–H and O–H groups in total. The van der Waals surface area contributed by atoms with Crippen molar-refractivity contribution in [2.45, 2.75) is 28.9 Å². The van der Waals surface area contributed by atoms with E-state index in [1.807, 2.05) is 0 Å². The Hall–Kier alpha value is -1.95. The van der Waals surface area contributed by atoms with Crippen molar-refractivity contribution in [1.82, 2.24) is 4.72 Å². The van der Waals surface area contributed by atoms with Gasteiger partial charge in [-0.1, -0.05) is 24.3 Å². The number of rotatable bonds is 5. The first kappa shape index (κ1) is 20.4. The van der Waals surface area contributed by atoms with Crippen LogP contribution in [-0.2, 0) is 26.2 Å². The molecule has 142 valence electrons. The Bertz CT molecular complexity index is 1000. The van der Waals surface area contributed by atoms with Crippen molar-refractivity contribution in [3.05, 3.63) is 59.7 Å². The van der Waals surface area contributed by atoms with E-state index in [4.69, 9.17) is 5.14 Å². The van der Waals surface area contributed by atoms with E-state index in [0.29, 0.717) is 11.6 Å². The molecule has 0 spiro atoms. The molecule has 0 aliphatic rings. The first-order valence-corrected chi connectivity index (χ1v) is 10.2. The predicted octanol–water partition coefficient (Wildman–Crippen LogP) is 2.39. The third-order valence-corrected chi connectivity index (χ3v) is 6.05. The number of hydrogen-bond donors (Lipinski definition) is 2. The fourth-order valence-corrected chi connectivity index (χ4v) is 4.22. The summed E-state index contributed by atoms with van der Waals surface area (Å²) in [7, 11) is -8.38. The Balaban J connectivity index is 2.33. The van der Waals surface area contributed by atoms with Crippen LogP contribution in [0.25, 0.3) is 0 Å². The lowest BCUT2D eigenvalue weighted by Gasteiger charge is -2.18. The van der Waals surface area contributed by atoms with Crippen molar-refractivity contribution >= 4 is 20.0 Å². The summed E-state index contributed by atoms with van der Waals surface area (Å²) in [6.45, 7) is 1.42. The maximum Gasteiger partial charge on any atom is 0.417 e. The van der Waals surface area contributed by atoms with Gasteiger partial charge in [-0.05, 0) is 36.8 Å². The van der Waals surface area contributed by atoms with E-state index in [-0.39, 0.29) is 4.90 Å². The second kappa shape index (κ2) is 6.99. The summed E-state index contributed by atoms with van der Waals surface area (Å²) >= 11 is 0. The van der Waals surface area contributed by atoms with Gasteiger partial charge in [0.1, 0.15) is 0 Å². The third kappa shape index (κ3) is 4.61. The molecule has 2 rings (SSSR count). The average molecular weight is 408 g/mol. The second-order valence-electron chi connectivity index (χ2n) is 5.45. The smallest absolute Gasteiger partial charge is 0.225 e. The molecule has 0 heterocycles. The van der Waals surface area contributed by atoms with Crippen LogP contribution in [0.4, 0.5) is 13.2 Å². The molecule has 26 heavy (non-hydrogen) atoms. The highest BCUT2D eigenvalue weighted by atomic mass is 32.2. The number of hydrogen-bond acceptors (Lipinski definition) is 4. The predicted molar refractivity (Wildman–Crippen MR) is 88.0 cm³/mol. The molecule has 2 aromatic rings. The minimum atomic E-state index is -4.83. The van der Waals surface area contributed by atoms with Crippen LogP contribution in [0.1, 0.15) is 24.1 Å². The summed E-state index contributed by atoms with van der Waals surface area (Å²) in [6, 6.07) is 7.92. The lowest BCUT2D eigenvalue weighted by atomic mass is 10.1. The Morgan fingerprint density at radius 1 is 0.962 bits per heavy atom. The number of halogens is 3. The van der Waals surface area contributed by atoms with Crippen LogP contribution < -0.4 is 9.86 Å². The first-order valence-electron chi connectivity index (χ1n) is 7.14. The van der Waals surface area contributed by atoms with Gasteiger partial charge in [-0.15, -0.1) is 0 Å². The van der Waals surface area contributed by atoms with E-state index in [1.54, 1.807) is 0 Å². The summed E-state index contributed by atoms with van der Waals surface area (Å²) in [5.74, 6) is 0. The van der Waals surface area contributed by atoms with Gasteiger partial charge in [0.15, 0.2) is 0 Å². The molecule has 0 saturated carbocycles. The Labute approximate surface area is 148 Å². The van der Waals surface area contributed by atoms with Crippen molar-refractivity contribution in [1.29, 1.82) is 0 Å². The topological polar surface area (TPSA) is 106 Å². The monoisotopic (exact) mass is 408 g/mol. The molecule has 2 aromatic carbocycles. The van der Waals surface area contributed by atoms with Gasteiger partial charge in [-0.2, -0.15) is 13.2 Å². The maximum atomic E-state index is 13.0. The van der Waals surface area contributed by atoms with Gasteiger partial charge < -0.3 is 0 Å². The van der Waals surface area contributed by atoms with E-state index >= 15 is 0 Å². The molecule has 0 aliphatic carbocycles. The maximum absolute atomic E-state index is 13.0. The van der Waals surface area contributed by atoms with Crippen LogP contribution in [0.5, 0.6) is 0 Å². The van der Waals surface area contributed by atoms with Crippen molar-refractivity contribution in [3.63, 3.8) is 0 Å². The standard InChI is InChI=1S/C15H15F3N2O4S2/c1-10(11-6-8-12(9-7-11)25(19,21)22)20-26(23,24)14-5-3-2-4-13(14)15(16,17)18/h2-10,20H,1H3,(H2,19,21,22)/t10-/m1/s1. The minimum absolute atomic E-state index is 0.168. The van der Waals surface area contributed by atoms with E-state index in [2.05, 4.69) is 4.72 Å². The average Bonchev–Trinajstić information content (AvgIpc) is 2.53. The van der Waals surface area contributed by atoms with Gasteiger partial charge in [-0.25, -0.2) is 26.7 Å². The summed E-state index contributed by atoms with van der Waals surface area (Å²) in [6.07, 6.45) is -4.83. The molecule has 0 bridgehead atoms. The molecule has 0 radical (unpaired) electrons. The Morgan fingerprint density at radius 3 is 2.00 bits per heavy atom. The van der Waals surface area contributed by atoms with E-state index in [0.717, 1.165) is 12.1 Å². The molecule has 6 nitrogen and oxygen atoms in total. The Kier molecular flexibility index (Phi) is 5.47. The molecule has 0 saturated heterocycles. The zero-order valence-corrected chi connectivity index (χ0v) is 15.0. The van der Waals surface area contributed by atoms with Crippen LogP contribution in [0, 0.1) is 0 Å². The van der Waals surface area contributed by atoms with Crippen LogP contribution in [0.2, 0.25) is 0 Å². The van der Waals surface area contributed by atoms with Gasteiger partial charge in [0, 0.05) is 6.04 Å². The van der Waals surface area contributed by atoms with Gasteiger partial charge in [0.05, 0.1) is 15.4 Å². The quantitative estimate of drug-likeness (QED) is 0.792. The molecule has 0 fully saturated rings. The number of nitrogens with two attached hydrogens (primary N) is 1. The fraction of sp³-hybridized carbons (Fsp3) is 0.200. The molecule has 0 aliphatic heterocycles. The van der Waals surface area contributed by atoms with E-state index in [9.17, 15) is 30.0 Å². The Morgan fingerprint density at radius 2 is 1.50 bits per heavy atom. The van der Waals surface area contributed by atoms with Crippen LogP contribution in [0.3, 0.4) is 0 Å². The largest absolute Gasteiger partial charge is 0.417 e. The fourth-order valence-electron chi connectivity index (χ4n) is 2.25. The van der Waals surface area contributed by atoms with Gasteiger partial charge in [-0.3, -0.25) is 0 Å². The van der Waals surface area contributed by atoms with Crippen molar-refractivity contribution in [2.75, 3.05) is 0 Å². The highest BCUT2D eigenvalue weighted by molar-refractivity contribution is 7.89. The number of nitrogens with one attached hydrogen (secondary N) is 1. The molecule has 0 unspecified atom stereocenters. The number of benzene rings is 2. The lowest BCUT2D eigenvalue weighted by Crippen LogP contribution is -2.29. The molecule has 1 atom stereocenters. The second-order valence-corrected chi connectivity index (χ2v) is 8.69. The van der Waals surface area contributed by atoms with Gasteiger partial charge in [0.25, 0.3) is 0 Å². The number of sulfonamides is 2. The van der Waals surface area contributed by atoms with E-state index in [1.165, 1.54) is 37.3 Å². The molecule has 0 amide bonds. The third-order valence-electron chi connectivity index (χ3n) is 3.52. The van der Waals surface area contributed by atoms with Gasteiger partial charge >= 0.3 is 6.18 Å². The van der Waals surface area contributed by atoms with Crippen molar-refractivity contribution in [2.24, 2.45) is 5.14 Å². The van der Waals surface area contributed by atoms with E-state index < -0.39 is 42.7 Å². The van der Waals surface area contributed by atoms with Crippen LogP contribution >= 0.6 is 0 Å². The highest BCUT2D eigenvalue weighted by Gasteiger charge is 2.37. The number of alkyl halides is 3. The number of primary sulfonamides is 1. The van der Waals surface area contributed by atoms with Crippen molar-refractivity contribution < 1.29 is 30.0 Å². The highest BCUT2D eigenvalue weighted by Crippen LogP contribution is 2.34. The summed E-state index contributed by atoms with van der Waals surface area (Å²) in [5, 5.41) is 4.97. The van der Waals surface area contributed by atoms with Gasteiger partial charge in [0.2, 0.25) is 20.0 Å². The first-order chi connectivity index (χ1) is 11.8. The normalized spacial score (nSPS) is 14.2. The molecular weight excluding hydrogens is 393 g/mol. The van der Waals surface area contributed by atoms with Crippen LogP contribution in [-0.4, -0.2) is 16.8 Å². The minimum Gasteiger partial charge on any atom is -0.225 e.